The van der Waals surface area contributed by atoms with Crippen LogP contribution in [-0.4, -0.2) is 0 Å². The maximum absolute atomic E-state index is 14.8. The zero-order valence-electron chi connectivity index (χ0n) is 15.7. The topological polar surface area (TPSA) is 9.23 Å². The van der Waals surface area contributed by atoms with E-state index >= 15 is 0 Å². The molecule has 0 amide bonds. The van der Waals surface area contributed by atoms with Gasteiger partial charge in [-0.05, 0) is 0 Å². The fourth-order valence-corrected chi connectivity index (χ4v) is 4.01. The normalized spacial score (nSPS) is 12.8. The summed E-state index contributed by atoms with van der Waals surface area (Å²) in [5.41, 5.74) is -3.91. The molecule has 0 atom stereocenters. The van der Waals surface area contributed by atoms with Crippen molar-refractivity contribution in [2.24, 2.45) is 0 Å². The van der Waals surface area contributed by atoms with Crippen LogP contribution in [0.25, 0.3) is 32.7 Å². The average Bonchev–Trinajstić information content (AvgIpc) is 2.82. The lowest BCUT2D eigenvalue weighted by Gasteiger charge is -2.26. The Morgan fingerprint density at radius 3 is 1.18 bits per heavy atom. The van der Waals surface area contributed by atoms with E-state index in [1.807, 2.05) is 0 Å². The van der Waals surface area contributed by atoms with Gasteiger partial charge in [0, 0.05) is 27.5 Å². The zero-order chi connectivity index (χ0) is 25.0. The van der Waals surface area contributed by atoms with Gasteiger partial charge >= 0.3 is 0 Å². The summed E-state index contributed by atoms with van der Waals surface area (Å²) in [6, 6.07) is 0. The Balaban J connectivity index is 2.18. The van der Waals surface area contributed by atoms with Gasteiger partial charge in [-0.15, -0.1) is 0 Å². The van der Waals surface area contributed by atoms with Crippen molar-refractivity contribution in [3.63, 3.8) is 0 Å². The molecule has 1 nitrogen and oxygen atoms in total. The maximum Gasteiger partial charge on any atom is 0.202 e. The van der Waals surface area contributed by atoms with Crippen molar-refractivity contribution in [2.75, 3.05) is 0 Å². The quantitative estimate of drug-likeness (QED) is 0.141. The first-order valence-corrected chi connectivity index (χ1v) is 8.86. The third-order valence-electron chi connectivity index (χ3n) is 5.46. The fourth-order valence-electron chi connectivity index (χ4n) is 4.01. The number of hydrogen-bond acceptors (Lipinski definition) is 1. The molecule has 0 saturated carbocycles. The Morgan fingerprint density at radius 2 is 0.706 bits per heavy atom. The first-order valence-electron chi connectivity index (χ1n) is 8.86. The van der Waals surface area contributed by atoms with Crippen molar-refractivity contribution < 1.29 is 57.4 Å². The summed E-state index contributed by atoms with van der Waals surface area (Å²) in [6.45, 7) is -1.27. The van der Waals surface area contributed by atoms with Crippen LogP contribution in [-0.2, 0) is 6.61 Å². The number of fused-ring (bicyclic) bond motifs is 7. The third-order valence-corrected chi connectivity index (χ3v) is 5.46. The van der Waals surface area contributed by atoms with Gasteiger partial charge in [0.2, 0.25) is 5.82 Å². The second-order valence-electron chi connectivity index (χ2n) is 7.11. The van der Waals surface area contributed by atoms with Crippen LogP contribution < -0.4 is 4.74 Å². The highest BCUT2D eigenvalue weighted by atomic mass is 19.2. The molecule has 0 saturated heterocycles. The largest absolute Gasteiger partial charge is 0.485 e. The molecule has 5 rings (SSSR count). The molecule has 34 heavy (non-hydrogen) atoms. The molecule has 4 aromatic carbocycles. The predicted molar refractivity (Wildman–Crippen MR) is 90.7 cm³/mol. The fraction of sp³-hybridized carbons (Fsp3) is 0.0476. The summed E-state index contributed by atoms with van der Waals surface area (Å²) >= 11 is 0. The second-order valence-corrected chi connectivity index (χ2v) is 7.11. The molecule has 0 bridgehead atoms. The van der Waals surface area contributed by atoms with E-state index in [-0.39, 0.29) is 0 Å². The monoisotopic (exact) mass is 498 g/mol. The minimum absolute atomic E-state index is 1.17. The van der Waals surface area contributed by atoms with Crippen molar-refractivity contribution >= 4 is 21.5 Å². The average molecular weight is 498 g/mol. The minimum Gasteiger partial charge on any atom is -0.485 e. The zero-order valence-corrected chi connectivity index (χ0v) is 15.7. The number of hydrogen-bond donors (Lipinski definition) is 0. The summed E-state index contributed by atoms with van der Waals surface area (Å²) in [7, 11) is 0. The van der Waals surface area contributed by atoms with Crippen LogP contribution in [0.2, 0.25) is 0 Å². The molecule has 0 aliphatic carbocycles. The predicted octanol–water partition coefficient (Wildman–Crippen LogP) is 7.22. The Morgan fingerprint density at radius 1 is 0.353 bits per heavy atom. The van der Waals surface area contributed by atoms with E-state index in [0.717, 1.165) is 0 Å². The molecule has 1 heterocycles. The number of benzene rings is 4. The van der Waals surface area contributed by atoms with Crippen molar-refractivity contribution in [1.82, 2.24) is 0 Å². The summed E-state index contributed by atoms with van der Waals surface area (Å²) in [5, 5.41) is -7.05. The molecule has 0 N–H and O–H groups in total. The van der Waals surface area contributed by atoms with E-state index in [1.165, 1.54) is 0 Å². The van der Waals surface area contributed by atoms with Gasteiger partial charge in [0.15, 0.2) is 69.7 Å². The summed E-state index contributed by atoms with van der Waals surface area (Å²) in [5.74, 6) is -30.2. The second kappa shape index (κ2) is 6.93. The van der Waals surface area contributed by atoms with Gasteiger partial charge in [0.25, 0.3) is 0 Å². The molecule has 1 aliphatic rings. The van der Waals surface area contributed by atoms with E-state index in [9.17, 15) is 52.7 Å². The molecule has 0 aromatic heterocycles. The standard InChI is InChI=1S/C21H2F12O/c22-9-2-1-34-21-6(3(2)4-7(12(9)25)13(26)18(31)16(29)10(4)23)5-8(15(28)20(21)33)14(27)19(32)17(30)11(5)24/h1H2. The van der Waals surface area contributed by atoms with Crippen LogP contribution in [0, 0.1) is 69.8 Å². The van der Waals surface area contributed by atoms with Crippen molar-refractivity contribution in [3.8, 4) is 16.9 Å². The number of ether oxygens (including phenoxy) is 1. The lowest BCUT2D eigenvalue weighted by Crippen LogP contribution is -2.16. The van der Waals surface area contributed by atoms with Gasteiger partial charge in [-0.25, -0.2) is 48.3 Å². The van der Waals surface area contributed by atoms with E-state index in [2.05, 4.69) is 0 Å². The lowest BCUT2D eigenvalue weighted by molar-refractivity contribution is 0.274. The van der Waals surface area contributed by atoms with Crippen LogP contribution in [0.3, 0.4) is 0 Å². The van der Waals surface area contributed by atoms with Crippen LogP contribution in [0.1, 0.15) is 5.56 Å². The molecule has 4 aromatic rings. The van der Waals surface area contributed by atoms with Crippen molar-refractivity contribution in [1.29, 1.82) is 0 Å². The van der Waals surface area contributed by atoms with Crippen molar-refractivity contribution in [3.05, 3.63) is 75.4 Å². The summed E-state index contributed by atoms with van der Waals surface area (Å²) in [4.78, 5) is 0. The maximum atomic E-state index is 14.8. The Hall–Kier alpha value is -3.64. The van der Waals surface area contributed by atoms with Crippen LogP contribution >= 0.6 is 0 Å². The van der Waals surface area contributed by atoms with Gasteiger partial charge in [0.1, 0.15) is 6.61 Å². The third kappa shape index (κ3) is 2.44. The Kier molecular flexibility index (Phi) is 4.52. The van der Waals surface area contributed by atoms with Crippen LogP contribution in [0.15, 0.2) is 0 Å². The Bertz CT molecular complexity index is 1500. The number of halogens is 12. The molecule has 0 fully saturated rings. The van der Waals surface area contributed by atoms with Crippen LogP contribution in [0.4, 0.5) is 52.7 Å². The summed E-state index contributed by atoms with van der Waals surface area (Å²) in [6.07, 6.45) is 0. The van der Waals surface area contributed by atoms with E-state index in [1.54, 1.807) is 0 Å². The van der Waals surface area contributed by atoms with Gasteiger partial charge < -0.3 is 4.74 Å². The van der Waals surface area contributed by atoms with E-state index < -0.39 is 120 Å². The molecule has 13 heteroatoms. The molecular weight excluding hydrogens is 496 g/mol. The van der Waals surface area contributed by atoms with Gasteiger partial charge in [-0.3, -0.25) is 0 Å². The Labute approximate surface area is 178 Å². The minimum atomic E-state index is -2.58. The molecule has 176 valence electrons. The lowest BCUT2D eigenvalue weighted by atomic mass is 9.86. The van der Waals surface area contributed by atoms with Crippen molar-refractivity contribution in [2.45, 2.75) is 6.61 Å². The van der Waals surface area contributed by atoms with E-state index in [4.69, 9.17) is 4.74 Å². The first kappa shape index (κ1) is 22.2. The smallest absolute Gasteiger partial charge is 0.202 e. The molecule has 0 radical (unpaired) electrons. The van der Waals surface area contributed by atoms with Gasteiger partial charge in [-0.1, -0.05) is 0 Å². The highest BCUT2D eigenvalue weighted by molar-refractivity contribution is 6.10. The molecule has 0 spiro atoms. The highest BCUT2D eigenvalue weighted by Crippen LogP contribution is 2.52. The summed E-state index contributed by atoms with van der Waals surface area (Å²) < 4.78 is 177. The number of rotatable bonds is 0. The van der Waals surface area contributed by atoms with Gasteiger partial charge in [-0.2, -0.15) is 4.39 Å². The van der Waals surface area contributed by atoms with Gasteiger partial charge in [0.05, 0.1) is 10.8 Å². The van der Waals surface area contributed by atoms with E-state index in [0.29, 0.717) is 0 Å². The SMILES string of the molecule is Fc1c(F)c(F)c2c3c(c(F)c(F)c2c1F)COc1c(F)c(F)c2c(F)c(F)c(F)c(F)c2c1-3. The first-order chi connectivity index (χ1) is 15.9. The highest BCUT2D eigenvalue weighted by Gasteiger charge is 2.39. The molecular formula is C21H2F12O. The van der Waals surface area contributed by atoms with Crippen LogP contribution in [0.5, 0.6) is 5.75 Å². The molecule has 1 aliphatic heterocycles. The molecule has 0 unspecified atom stereocenters.